The number of nitrogens with zero attached hydrogens (tertiary/aromatic N) is 2. The highest BCUT2D eigenvalue weighted by molar-refractivity contribution is 7.89. The summed E-state index contributed by atoms with van der Waals surface area (Å²) in [4.78, 5) is 21.7. The summed E-state index contributed by atoms with van der Waals surface area (Å²) < 4.78 is 25.5. The molecule has 108 valence electrons. The van der Waals surface area contributed by atoms with Crippen LogP contribution in [-0.4, -0.2) is 30.1 Å². The predicted molar refractivity (Wildman–Crippen MR) is 70.6 cm³/mol. The van der Waals surface area contributed by atoms with Gasteiger partial charge in [-0.3, -0.25) is 14.9 Å². The van der Waals surface area contributed by atoms with E-state index in [2.05, 4.69) is 0 Å². The second-order valence-corrected chi connectivity index (χ2v) is 6.50. The Hall–Kier alpha value is -1.96. The third kappa shape index (κ3) is 2.51. The minimum absolute atomic E-state index is 0.128. The largest absolute Gasteiger partial charge is 0.274 e. The van der Waals surface area contributed by atoms with Crippen LogP contribution in [0.1, 0.15) is 24.8 Å². The van der Waals surface area contributed by atoms with Crippen LogP contribution in [0.3, 0.4) is 0 Å². The van der Waals surface area contributed by atoms with Gasteiger partial charge >= 0.3 is 0 Å². The van der Waals surface area contributed by atoms with Gasteiger partial charge in [-0.15, -0.1) is 0 Å². The van der Waals surface area contributed by atoms with E-state index in [0.717, 1.165) is 10.4 Å². The van der Waals surface area contributed by atoms with Crippen molar-refractivity contribution in [1.82, 2.24) is 4.31 Å². The molecule has 20 heavy (non-hydrogen) atoms. The van der Waals surface area contributed by atoms with Crippen LogP contribution in [0.4, 0.5) is 5.69 Å². The Labute approximate surface area is 116 Å². The van der Waals surface area contributed by atoms with Crippen LogP contribution < -0.4 is 0 Å². The van der Waals surface area contributed by atoms with Gasteiger partial charge in [0, 0.05) is 24.6 Å². The van der Waals surface area contributed by atoms with Gasteiger partial charge in [0.05, 0.1) is 9.82 Å². The Morgan fingerprint density at radius 3 is 2.60 bits per heavy atom. The SMILES string of the molecule is Cc1ccc(S(=O)(=O)N2CCCCC2=O)cc1[N+](=O)[O-]. The summed E-state index contributed by atoms with van der Waals surface area (Å²) in [6.45, 7) is 1.66. The monoisotopic (exact) mass is 298 g/mol. The zero-order valence-electron chi connectivity index (χ0n) is 10.9. The molecule has 0 aromatic heterocycles. The lowest BCUT2D eigenvalue weighted by Gasteiger charge is -2.26. The summed E-state index contributed by atoms with van der Waals surface area (Å²) in [7, 11) is -4.00. The molecule has 0 aliphatic carbocycles. The minimum Gasteiger partial charge on any atom is -0.274 e. The highest BCUT2D eigenvalue weighted by atomic mass is 32.2. The highest BCUT2D eigenvalue weighted by Crippen LogP contribution is 2.26. The van der Waals surface area contributed by atoms with Crippen LogP contribution in [0.2, 0.25) is 0 Å². The molecule has 0 atom stereocenters. The molecule has 1 aromatic rings. The molecule has 0 bridgehead atoms. The molecule has 1 fully saturated rings. The molecule has 0 N–H and O–H groups in total. The number of amides is 1. The van der Waals surface area contributed by atoms with Crippen molar-refractivity contribution in [1.29, 1.82) is 0 Å². The van der Waals surface area contributed by atoms with E-state index in [9.17, 15) is 23.3 Å². The second kappa shape index (κ2) is 5.20. The minimum atomic E-state index is -4.00. The van der Waals surface area contributed by atoms with Crippen molar-refractivity contribution in [2.75, 3.05) is 6.54 Å². The van der Waals surface area contributed by atoms with Crippen LogP contribution in [0.15, 0.2) is 23.1 Å². The van der Waals surface area contributed by atoms with Crippen molar-refractivity contribution in [2.45, 2.75) is 31.1 Å². The van der Waals surface area contributed by atoms with E-state index < -0.39 is 20.9 Å². The van der Waals surface area contributed by atoms with E-state index in [1.165, 1.54) is 19.1 Å². The third-order valence-corrected chi connectivity index (χ3v) is 5.06. The second-order valence-electron chi connectivity index (χ2n) is 4.63. The summed E-state index contributed by atoms with van der Waals surface area (Å²) in [5, 5.41) is 10.9. The Bertz CT molecular complexity index is 668. The smallest absolute Gasteiger partial charge is 0.273 e. The van der Waals surface area contributed by atoms with Gasteiger partial charge in [-0.05, 0) is 25.8 Å². The molecule has 0 spiro atoms. The molecule has 1 saturated heterocycles. The van der Waals surface area contributed by atoms with Crippen LogP contribution in [0, 0.1) is 17.0 Å². The number of carbonyl (C=O) groups is 1. The summed E-state index contributed by atoms with van der Waals surface area (Å²) in [5.41, 5.74) is 0.106. The van der Waals surface area contributed by atoms with Gasteiger partial charge in [0.1, 0.15) is 0 Å². The number of sulfonamides is 1. The van der Waals surface area contributed by atoms with Crippen molar-refractivity contribution in [3.8, 4) is 0 Å². The van der Waals surface area contributed by atoms with Gasteiger partial charge in [0.25, 0.3) is 15.7 Å². The first kappa shape index (κ1) is 14.4. The average molecular weight is 298 g/mol. The lowest BCUT2D eigenvalue weighted by Crippen LogP contribution is -2.40. The molecule has 0 unspecified atom stereocenters. The van der Waals surface area contributed by atoms with E-state index in [1.54, 1.807) is 0 Å². The molecule has 1 aromatic carbocycles. The maximum atomic E-state index is 12.4. The number of nitro groups is 1. The van der Waals surface area contributed by atoms with Crippen LogP contribution in [-0.2, 0) is 14.8 Å². The van der Waals surface area contributed by atoms with Crippen LogP contribution in [0.5, 0.6) is 0 Å². The molecular formula is C12H14N2O5S. The molecule has 7 nitrogen and oxygen atoms in total. The number of piperidine rings is 1. The van der Waals surface area contributed by atoms with Crippen molar-refractivity contribution in [3.05, 3.63) is 33.9 Å². The number of nitro benzene ring substituents is 1. The highest BCUT2D eigenvalue weighted by Gasteiger charge is 2.32. The van der Waals surface area contributed by atoms with Gasteiger partial charge < -0.3 is 0 Å². The Balaban J connectivity index is 2.46. The molecule has 0 saturated carbocycles. The van der Waals surface area contributed by atoms with Crippen LogP contribution >= 0.6 is 0 Å². The number of rotatable bonds is 3. The summed E-state index contributed by atoms with van der Waals surface area (Å²) in [5.74, 6) is -0.459. The lowest BCUT2D eigenvalue weighted by atomic mass is 10.2. The lowest BCUT2D eigenvalue weighted by molar-refractivity contribution is -0.385. The normalized spacial score (nSPS) is 16.2. The van der Waals surface area contributed by atoms with Crippen LogP contribution in [0.25, 0.3) is 0 Å². The summed E-state index contributed by atoms with van der Waals surface area (Å²) in [6, 6.07) is 3.67. The fourth-order valence-corrected chi connectivity index (χ4v) is 3.59. The van der Waals surface area contributed by atoms with Gasteiger partial charge in [-0.25, -0.2) is 12.7 Å². The van der Waals surface area contributed by atoms with Crippen molar-refractivity contribution in [3.63, 3.8) is 0 Å². The number of carbonyl (C=O) groups excluding carboxylic acids is 1. The van der Waals surface area contributed by atoms with Crippen molar-refractivity contribution < 1.29 is 18.1 Å². The average Bonchev–Trinajstić information content (AvgIpc) is 2.38. The maximum Gasteiger partial charge on any atom is 0.273 e. The predicted octanol–water partition coefficient (Wildman–Crippen LogP) is 1.60. The molecule has 1 amide bonds. The Morgan fingerprint density at radius 2 is 2.00 bits per heavy atom. The van der Waals surface area contributed by atoms with E-state index in [1.807, 2.05) is 0 Å². The fraction of sp³-hybridized carbons (Fsp3) is 0.417. The van der Waals surface area contributed by atoms with Crippen molar-refractivity contribution >= 4 is 21.6 Å². The van der Waals surface area contributed by atoms with E-state index in [-0.39, 0.29) is 23.5 Å². The zero-order valence-corrected chi connectivity index (χ0v) is 11.7. The molecule has 1 aliphatic heterocycles. The van der Waals surface area contributed by atoms with E-state index in [0.29, 0.717) is 18.4 Å². The molecule has 1 aliphatic rings. The van der Waals surface area contributed by atoms with Crippen molar-refractivity contribution in [2.24, 2.45) is 0 Å². The standard InChI is InChI=1S/C12H14N2O5S/c1-9-5-6-10(8-11(9)14(16)17)20(18,19)13-7-3-2-4-12(13)15/h5-6,8H,2-4,7H2,1H3. The third-order valence-electron chi connectivity index (χ3n) is 3.25. The first-order valence-corrected chi connectivity index (χ1v) is 7.58. The first-order chi connectivity index (χ1) is 9.34. The number of benzene rings is 1. The number of hydrogen-bond acceptors (Lipinski definition) is 5. The van der Waals surface area contributed by atoms with Gasteiger partial charge in [0.2, 0.25) is 5.91 Å². The van der Waals surface area contributed by atoms with E-state index in [4.69, 9.17) is 0 Å². The molecular weight excluding hydrogens is 284 g/mol. The Morgan fingerprint density at radius 1 is 1.30 bits per heavy atom. The number of aryl methyl sites for hydroxylation is 1. The topological polar surface area (TPSA) is 97.6 Å². The molecule has 2 rings (SSSR count). The van der Waals surface area contributed by atoms with Gasteiger partial charge in [0.15, 0.2) is 0 Å². The number of hydrogen-bond donors (Lipinski definition) is 0. The molecule has 1 heterocycles. The zero-order chi connectivity index (χ0) is 14.9. The summed E-state index contributed by atoms with van der Waals surface area (Å²) in [6.07, 6.45) is 1.46. The Kier molecular flexibility index (Phi) is 3.76. The van der Waals surface area contributed by atoms with Gasteiger partial charge in [-0.1, -0.05) is 6.07 Å². The fourth-order valence-electron chi connectivity index (χ4n) is 2.11. The quantitative estimate of drug-likeness (QED) is 0.623. The molecule has 8 heteroatoms. The van der Waals surface area contributed by atoms with Gasteiger partial charge in [-0.2, -0.15) is 0 Å². The summed E-state index contributed by atoms with van der Waals surface area (Å²) >= 11 is 0. The maximum absolute atomic E-state index is 12.4. The van der Waals surface area contributed by atoms with E-state index >= 15 is 0 Å². The molecule has 0 radical (unpaired) electrons. The first-order valence-electron chi connectivity index (χ1n) is 6.14.